The molecule has 0 spiro atoms. The Hall–Kier alpha value is -1.92. The van der Waals surface area contributed by atoms with Crippen LogP contribution in [0.15, 0.2) is 24.3 Å². The second-order valence-corrected chi connectivity index (χ2v) is 6.47. The summed E-state index contributed by atoms with van der Waals surface area (Å²) in [4.78, 5) is 15.2. The number of benzene rings is 1. The smallest absolute Gasteiger partial charge is 0.418 e. The first-order chi connectivity index (χ1) is 10.6. The zero-order valence-corrected chi connectivity index (χ0v) is 13.5. The predicted molar refractivity (Wildman–Crippen MR) is 81.5 cm³/mol. The van der Waals surface area contributed by atoms with Crippen LogP contribution in [0.4, 0.5) is 23.7 Å². The lowest BCUT2D eigenvalue weighted by Crippen LogP contribution is -2.50. The second-order valence-electron chi connectivity index (χ2n) is 6.47. The van der Waals surface area contributed by atoms with Crippen molar-refractivity contribution >= 4 is 11.8 Å². The molecule has 0 atom stereocenters. The van der Waals surface area contributed by atoms with Crippen LogP contribution in [-0.2, 0) is 10.9 Å². The lowest BCUT2D eigenvalue weighted by molar-refractivity contribution is -0.137. The summed E-state index contributed by atoms with van der Waals surface area (Å²) in [5, 5.41) is 0. The van der Waals surface area contributed by atoms with E-state index in [1.807, 2.05) is 0 Å². The van der Waals surface area contributed by atoms with Gasteiger partial charge in [0, 0.05) is 31.9 Å². The van der Waals surface area contributed by atoms with E-state index in [4.69, 9.17) is 4.74 Å². The van der Waals surface area contributed by atoms with E-state index in [1.165, 1.54) is 17.0 Å². The minimum atomic E-state index is -4.39. The number of carbonyl (C=O) groups excluding carboxylic acids is 1. The zero-order valence-electron chi connectivity index (χ0n) is 13.5. The molecule has 0 aliphatic carbocycles. The third-order valence-electron chi connectivity index (χ3n) is 3.48. The van der Waals surface area contributed by atoms with E-state index in [0.717, 1.165) is 6.07 Å². The molecule has 0 aromatic heterocycles. The lowest BCUT2D eigenvalue weighted by Gasteiger charge is -2.37. The molecule has 1 aromatic rings. The molecule has 1 amide bonds. The molecule has 1 fully saturated rings. The van der Waals surface area contributed by atoms with Crippen LogP contribution in [0.25, 0.3) is 0 Å². The van der Waals surface area contributed by atoms with Crippen molar-refractivity contribution in [1.29, 1.82) is 0 Å². The van der Waals surface area contributed by atoms with Crippen LogP contribution in [0.3, 0.4) is 0 Å². The number of anilines is 1. The van der Waals surface area contributed by atoms with E-state index >= 15 is 0 Å². The molecular formula is C16H21F3N2O2. The van der Waals surface area contributed by atoms with E-state index in [0.29, 0.717) is 26.2 Å². The Morgan fingerprint density at radius 1 is 1.04 bits per heavy atom. The van der Waals surface area contributed by atoms with E-state index in [9.17, 15) is 18.0 Å². The number of amides is 1. The van der Waals surface area contributed by atoms with Gasteiger partial charge < -0.3 is 14.5 Å². The number of carbonyl (C=O) groups is 1. The van der Waals surface area contributed by atoms with Crippen molar-refractivity contribution in [3.63, 3.8) is 0 Å². The first-order valence-corrected chi connectivity index (χ1v) is 7.47. The quantitative estimate of drug-likeness (QED) is 0.786. The molecule has 0 bridgehead atoms. The molecule has 23 heavy (non-hydrogen) atoms. The first kappa shape index (κ1) is 17.4. The maximum Gasteiger partial charge on any atom is 0.418 e. The van der Waals surface area contributed by atoms with Crippen LogP contribution < -0.4 is 4.90 Å². The van der Waals surface area contributed by atoms with Crippen LogP contribution >= 0.6 is 0 Å². The van der Waals surface area contributed by atoms with E-state index in [1.54, 1.807) is 31.7 Å². The van der Waals surface area contributed by atoms with Crippen molar-refractivity contribution in [3.8, 4) is 0 Å². The van der Waals surface area contributed by atoms with Crippen LogP contribution in [0, 0.1) is 0 Å². The topological polar surface area (TPSA) is 32.8 Å². The largest absolute Gasteiger partial charge is 0.444 e. The number of hydrogen-bond donors (Lipinski definition) is 0. The van der Waals surface area contributed by atoms with Gasteiger partial charge in [0.05, 0.1) is 5.56 Å². The Morgan fingerprint density at radius 2 is 1.61 bits per heavy atom. The predicted octanol–water partition coefficient (Wildman–Crippen LogP) is 3.76. The van der Waals surface area contributed by atoms with Crippen LogP contribution in [0.1, 0.15) is 26.3 Å². The number of rotatable bonds is 1. The fourth-order valence-electron chi connectivity index (χ4n) is 2.45. The summed E-state index contributed by atoms with van der Waals surface area (Å²) in [6.07, 6.45) is -4.82. The Labute approximate surface area is 133 Å². The summed E-state index contributed by atoms with van der Waals surface area (Å²) in [5.74, 6) is 0. The van der Waals surface area contributed by atoms with Gasteiger partial charge in [0.2, 0.25) is 0 Å². The maximum atomic E-state index is 13.1. The molecule has 7 heteroatoms. The fraction of sp³-hybridized carbons (Fsp3) is 0.562. The lowest BCUT2D eigenvalue weighted by atomic mass is 10.1. The van der Waals surface area contributed by atoms with Crippen LogP contribution in [0.5, 0.6) is 0 Å². The number of para-hydroxylation sites is 1. The Bertz CT molecular complexity index is 559. The maximum absolute atomic E-state index is 13.1. The van der Waals surface area contributed by atoms with Crippen molar-refractivity contribution in [2.45, 2.75) is 32.5 Å². The SMILES string of the molecule is CC(C)(C)OC(=O)N1CCN(c2ccccc2C(F)(F)F)CC1. The minimum Gasteiger partial charge on any atom is -0.444 e. The highest BCUT2D eigenvalue weighted by molar-refractivity contribution is 5.69. The molecular weight excluding hydrogens is 309 g/mol. The number of nitrogens with zero attached hydrogens (tertiary/aromatic N) is 2. The van der Waals surface area contributed by atoms with Crippen molar-refractivity contribution in [1.82, 2.24) is 4.90 Å². The number of halogens is 3. The monoisotopic (exact) mass is 330 g/mol. The van der Waals surface area contributed by atoms with Crippen molar-refractivity contribution < 1.29 is 22.7 Å². The van der Waals surface area contributed by atoms with Gasteiger partial charge >= 0.3 is 12.3 Å². The number of alkyl halides is 3. The number of ether oxygens (including phenoxy) is 1. The summed E-state index contributed by atoms with van der Waals surface area (Å²) in [6, 6.07) is 5.51. The summed E-state index contributed by atoms with van der Waals surface area (Å²) in [6.45, 7) is 6.68. The Kier molecular flexibility index (Phi) is 4.77. The average Bonchev–Trinajstić information content (AvgIpc) is 2.45. The number of piperazine rings is 1. The van der Waals surface area contributed by atoms with Crippen LogP contribution in [0.2, 0.25) is 0 Å². The molecule has 4 nitrogen and oxygen atoms in total. The molecule has 0 radical (unpaired) electrons. The van der Waals surface area contributed by atoms with Gasteiger partial charge in [-0.25, -0.2) is 4.79 Å². The molecule has 128 valence electrons. The molecule has 2 rings (SSSR count). The van der Waals surface area contributed by atoms with Gasteiger partial charge in [-0.05, 0) is 32.9 Å². The summed E-state index contributed by atoms with van der Waals surface area (Å²) in [5.41, 5.74) is -1.08. The average molecular weight is 330 g/mol. The molecule has 1 saturated heterocycles. The molecule has 1 aliphatic heterocycles. The standard InChI is InChI=1S/C16H21F3N2O2/c1-15(2,3)23-14(22)21-10-8-20(9-11-21)13-7-5-4-6-12(13)16(17,18)19/h4-7H,8-11H2,1-3H3. The summed E-state index contributed by atoms with van der Waals surface area (Å²) < 4.78 is 44.5. The molecule has 1 aromatic carbocycles. The molecule has 0 N–H and O–H groups in total. The van der Waals surface area contributed by atoms with E-state index in [-0.39, 0.29) is 5.69 Å². The van der Waals surface area contributed by atoms with Crippen molar-refractivity contribution in [2.24, 2.45) is 0 Å². The normalized spacial score (nSPS) is 16.4. The van der Waals surface area contributed by atoms with Crippen LogP contribution in [-0.4, -0.2) is 42.8 Å². The van der Waals surface area contributed by atoms with E-state index < -0.39 is 23.4 Å². The number of hydrogen-bond acceptors (Lipinski definition) is 3. The molecule has 0 saturated carbocycles. The highest BCUT2D eigenvalue weighted by atomic mass is 19.4. The summed E-state index contributed by atoms with van der Waals surface area (Å²) >= 11 is 0. The van der Waals surface area contributed by atoms with Gasteiger partial charge in [-0.3, -0.25) is 0 Å². The van der Waals surface area contributed by atoms with Gasteiger partial charge in [0.1, 0.15) is 5.60 Å². The highest BCUT2D eigenvalue weighted by Crippen LogP contribution is 2.36. The Balaban J connectivity index is 2.04. The second kappa shape index (κ2) is 6.29. The van der Waals surface area contributed by atoms with Gasteiger partial charge in [-0.15, -0.1) is 0 Å². The van der Waals surface area contributed by atoms with Crippen molar-refractivity contribution in [3.05, 3.63) is 29.8 Å². The summed E-state index contributed by atoms with van der Waals surface area (Å²) in [7, 11) is 0. The van der Waals surface area contributed by atoms with Gasteiger partial charge in [-0.1, -0.05) is 12.1 Å². The van der Waals surface area contributed by atoms with Crippen molar-refractivity contribution in [2.75, 3.05) is 31.1 Å². The highest BCUT2D eigenvalue weighted by Gasteiger charge is 2.35. The molecule has 1 aliphatic rings. The Morgan fingerprint density at radius 3 is 2.13 bits per heavy atom. The van der Waals surface area contributed by atoms with Gasteiger partial charge in [0.25, 0.3) is 0 Å². The van der Waals surface area contributed by atoms with Gasteiger partial charge in [0.15, 0.2) is 0 Å². The molecule has 1 heterocycles. The third-order valence-corrected chi connectivity index (χ3v) is 3.48. The minimum absolute atomic E-state index is 0.156. The zero-order chi connectivity index (χ0) is 17.3. The third kappa shape index (κ3) is 4.53. The first-order valence-electron chi connectivity index (χ1n) is 7.47. The molecule has 0 unspecified atom stereocenters. The van der Waals surface area contributed by atoms with E-state index in [2.05, 4.69) is 0 Å². The van der Waals surface area contributed by atoms with Gasteiger partial charge in [-0.2, -0.15) is 13.2 Å². The fourth-order valence-corrected chi connectivity index (χ4v) is 2.45.